The van der Waals surface area contributed by atoms with Crippen molar-refractivity contribution < 1.29 is 28.7 Å². The van der Waals surface area contributed by atoms with Gasteiger partial charge in [-0.2, -0.15) is 0 Å². The molecule has 9 nitrogen and oxygen atoms in total. The van der Waals surface area contributed by atoms with Gasteiger partial charge in [-0.3, -0.25) is 19.2 Å². The standard InChI is InChI=1S/C31H59N3O6/c1-4-5-6-7-8-9-10-11-12-13-14-15-18-21-31(37)39-26-29(35)33-22-19-16-17-20-30(36)34-24-28(38-3)23-27(34)25-40-32-2/h27-28,32H,4-26H2,1-3H3,(H,33,35)/t27-,28+/m0/s1. The van der Waals surface area contributed by atoms with E-state index in [4.69, 9.17) is 14.3 Å². The van der Waals surface area contributed by atoms with E-state index < -0.39 is 0 Å². The second kappa shape index (κ2) is 25.0. The lowest BCUT2D eigenvalue weighted by atomic mass is 10.0. The summed E-state index contributed by atoms with van der Waals surface area (Å²) in [5.41, 5.74) is 2.66. The monoisotopic (exact) mass is 569 g/mol. The second-order valence-corrected chi connectivity index (χ2v) is 11.1. The van der Waals surface area contributed by atoms with Crippen molar-refractivity contribution in [2.45, 2.75) is 141 Å². The van der Waals surface area contributed by atoms with Gasteiger partial charge in [0, 0.05) is 40.1 Å². The number of unbranched alkanes of at least 4 members (excludes halogenated alkanes) is 14. The summed E-state index contributed by atoms with van der Waals surface area (Å²) in [7, 11) is 3.38. The quantitative estimate of drug-likeness (QED) is 0.0810. The Hall–Kier alpha value is -1.71. The average molecular weight is 570 g/mol. The molecule has 2 amide bonds. The first kappa shape index (κ1) is 36.3. The smallest absolute Gasteiger partial charge is 0.306 e. The van der Waals surface area contributed by atoms with Crippen LogP contribution < -0.4 is 10.8 Å². The lowest BCUT2D eigenvalue weighted by Gasteiger charge is -2.24. The maximum Gasteiger partial charge on any atom is 0.306 e. The lowest BCUT2D eigenvalue weighted by Crippen LogP contribution is -2.39. The van der Waals surface area contributed by atoms with Crippen LogP contribution in [-0.4, -0.2) is 75.3 Å². The summed E-state index contributed by atoms with van der Waals surface area (Å²) in [6.45, 7) is 3.59. The first-order valence-electron chi connectivity index (χ1n) is 16.0. The van der Waals surface area contributed by atoms with Crippen LogP contribution in [-0.2, 0) is 28.7 Å². The molecule has 2 atom stereocenters. The predicted molar refractivity (Wildman–Crippen MR) is 159 cm³/mol. The van der Waals surface area contributed by atoms with Gasteiger partial charge >= 0.3 is 5.97 Å². The van der Waals surface area contributed by atoms with Gasteiger partial charge in [-0.25, -0.2) is 5.48 Å². The molecule has 0 aromatic rings. The van der Waals surface area contributed by atoms with E-state index in [1.807, 2.05) is 4.90 Å². The van der Waals surface area contributed by atoms with Crippen molar-refractivity contribution >= 4 is 17.8 Å². The summed E-state index contributed by atoms with van der Waals surface area (Å²) in [6, 6.07) is 0.0245. The largest absolute Gasteiger partial charge is 0.456 e. The van der Waals surface area contributed by atoms with Crippen molar-refractivity contribution in [3.63, 3.8) is 0 Å². The number of carbonyl (C=O) groups is 3. The van der Waals surface area contributed by atoms with Crippen LogP contribution in [0, 0.1) is 0 Å². The van der Waals surface area contributed by atoms with E-state index in [-0.39, 0.29) is 36.5 Å². The first-order chi connectivity index (χ1) is 19.5. The summed E-state index contributed by atoms with van der Waals surface area (Å²) in [6.07, 6.45) is 20.5. The molecule has 0 saturated carbocycles. The Balaban J connectivity index is 1.94. The van der Waals surface area contributed by atoms with Crippen molar-refractivity contribution in [1.29, 1.82) is 0 Å². The molecule has 1 aliphatic heterocycles. The summed E-state index contributed by atoms with van der Waals surface area (Å²) in [5, 5.41) is 2.79. The first-order valence-corrected chi connectivity index (χ1v) is 16.0. The van der Waals surface area contributed by atoms with Crippen LogP contribution in [0.25, 0.3) is 0 Å². The van der Waals surface area contributed by atoms with Crippen LogP contribution in [0.2, 0.25) is 0 Å². The number of esters is 1. The maximum atomic E-state index is 12.7. The van der Waals surface area contributed by atoms with Crippen molar-refractivity contribution in [1.82, 2.24) is 15.7 Å². The molecule has 40 heavy (non-hydrogen) atoms. The zero-order chi connectivity index (χ0) is 29.3. The van der Waals surface area contributed by atoms with Gasteiger partial charge in [0.1, 0.15) is 0 Å². The minimum Gasteiger partial charge on any atom is -0.456 e. The van der Waals surface area contributed by atoms with Crippen LogP contribution in [0.5, 0.6) is 0 Å². The molecule has 234 valence electrons. The number of nitrogens with one attached hydrogen (secondary N) is 2. The summed E-state index contributed by atoms with van der Waals surface area (Å²) < 4.78 is 10.5. The molecular weight excluding hydrogens is 510 g/mol. The molecule has 1 saturated heterocycles. The van der Waals surface area contributed by atoms with Crippen LogP contribution >= 0.6 is 0 Å². The molecule has 2 N–H and O–H groups in total. The van der Waals surface area contributed by atoms with Crippen molar-refractivity contribution in [2.24, 2.45) is 0 Å². The maximum absolute atomic E-state index is 12.7. The molecule has 0 spiro atoms. The number of methoxy groups -OCH3 is 1. The number of rotatable bonds is 26. The minimum atomic E-state index is -0.298. The highest BCUT2D eigenvalue weighted by Gasteiger charge is 2.35. The van der Waals surface area contributed by atoms with E-state index in [1.54, 1.807) is 14.2 Å². The fourth-order valence-electron chi connectivity index (χ4n) is 5.19. The summed E-state index contributed by atoms with van der Waals surface area (Å²) in [4.78, 5) is 43.7. The van der Waals surface area contributed by atoms with Gasteiger partial charge in [0.15, 0.2) is 6.61 Å². The van der Waals surface area contributed by atoms with Crippen molar-refractivity contribution in [3.8, 4) is 0 Å². The Morgan fingerprint density at radius 3 is 1.98 bits per heavy atom. The molecule has 9 heteroatoms. The lowest BCUT2D eigenvalue weighted by molar-refractivity contribution is -0.148. The summed E-state index contributed by atoms with van der Waals surface area (Å²) in [5.74, 6) is -0.457. The normalized spacial score (nSPS) is 16.8. The molecule has 0 aliphatic carbocycles. The Kier molecular flexibility index (Phi) is 22.7. The molecule has 1 fully saturated rings. The van der Waals surface area contributed by atoms with Crippen molar-refractivity contribution in [2.75, 3.05) is 40.5 Å². The van der Waals surface area contributed by atoms with Gasteiger partial charge in [0.05, 0.1) is 18.8 Å². The average Bonchev–Trinajstić information content (AvgIpc) is 3.38. The molecule has 0 aromatic heterocycles. The van der Waals surface area contributed by atoms with Gasteiger partial charge < -0.3 is 19.7 Å². The Bertz CT molecular complexity index is 663. The van der Waals surface area contributed by atoms with E-state index in [0.717, 1.165) is 44.9 Å². The molecule has 1 heterocycles. The fourth-order valence-corrected chi connectivity index (χ4v) is 5.19. The topological polar surface area (TPSA) is 106 Å². The number of ether oxygens (including phenoxy) is 2. The number of likely N-dealkylation sites (tertiary alicyclic amines) is 1. The zero-order valence-electron chi connectivity index (χ0n) is 25.8. The molecule has 1 rings (SSSR count). The van der Waals surface area contributed by atoms with E-state index in [0.29, 0.717) is 32.5 Å². The SMILES string of the molecule is CCCCCCCCCCCCCCCC(=O)OCC(=O)NCCCCCC(=O)N1C[C@H](OC)C[C@H]1CONC. The Labute approximate surface area is 243 Å². The molecule has 0 bridgehead atoms. The van der Waals surface area contributed by atoms with E-state index in [2.05, 4.69) is 17.7 Å². The molecule has 0 radical (unpaired) electrons. The van der Waals surface area contributed by atoms with Crippen LogP contribution in [0.15, 0.2) is 0 Å². The minimum absolute atomic E-state index is 0.0245. The second-order valence-electron chi connectivity index (χ2n) is 11.1. The van der Waals surface area contributed by atoms with Gasteiger partial charge in [-0.05, 0) is 25.7 Å². The summed E-state index contributed by atoms with van der Waals surface area (Å²) >= 11 is 0. The number of nitrogens with zero attached hydrogens (tertiary/aromatic N) is 1. The third-order valence-electron chi connectivity index (χ3n) is 7.69. The highest BCUT2D eigenvalue weighted by atomic mass is 16.6. The van der Waals surface area contributed by atoms with Gasteiger partial charge in [0.25, 0.3) is 5.91 Å². The number of amides is 2. The molecule has 0 unspecified atom stereocenters. The van der Waals surface area contributed by atoms with Gasteiger partial charge in [-0.15, -0.1) is 0 Å². The number of hydrogen-bond acceptors (Lipinski definition) is 7. The molecular formula is C31H59N3O6. The zero-order valence-corrected chi connectivity index (χ0v) is 25.8. The molecule has 0 aromatic carbocycles. The number of hydroxylamine groups is 1. The van der Waals surface area contributed by atoms with Gasteiger partial charge in [-0.1, -0.05) is 90.4 Å². The van der Waals surface area contributed by atoms with E-state index in [9.17, 15) is 14.4 Å². The van der Waals surface area contributed by atoms with Crippen LogP contribution in [0.4, 0.5) is 0 Å². The van der Waals surface area contributed by atoms with Gasteiger partial charge in [0.2, 0.25) is 5.91 Å². The van der Waals surface area contributed by atoms with Crippen LogP contribution in [0.3, 0.4) is 0 Å². The Morgan fingerprint density at radius 2 is 1.38 bits per heavy atom. The van der Waals surface area contributed by atoms with Crippen molar-refractivity contribution in [3.05, 3.63) is 0 Å². The van der Waals surface area contributed by atoms with E-state index in [1.165, 1.54) is 64.2 Å². The highest BCUT2D eigenvalue weighted by molar-refractivity contribution is 5.80. The van der Waals surface area contributed by atoms with Crippen LogP contribution in [0.1, 0.15) is 129 Å². The third-order valence-corrected chi connectivity index (χ3v) is 7.69. The predicted octanol–water partition coefficient (Wildman–Crippen LogP) is 5.45. The molecule has 1 aliphatic rings. The van der Waals surface area contributed by atoms with E-state index >= 15 is 0 Å². The third kappa shape index (κ3) is 18.6. The Morgan fingerprint density at radius 1 is 0.800 bits per heavy atom. The number of hydrogen-bond donors (Lipinski definition) is 2. The fraction of sp³-hybridized carbons (Fsp3) is 0.903. The highest BCUT2D eigenvalue weighted by Crippen LogP contribution is 2.22. The number of carbonyl (C=O) groups excluding carboxylic acids is 3.